The number of aryl methyl sites for hydroxylation is 1. The van der Waals surface area contributed by atoms with E-state index < -0.39 is 5.97 Å². The van der Waals surface area contributed by atoms with Crippen molar-refractivity contribution in [2.45, 2.75) is 6.92 Å². The third kappa shape index (κ3) is 4.56. The molecular formula is C17H17BrN2O3. The number of carbonyl (C=O) groups excluding carboxylic acids is 2. The minimum atomic E-state index is -0.447. The van der Waals surface area contributed by atoms with Gasteiger partial charge in [-0.05, 0) is 42.8 Å². The quantitative estimate of drug-likeness (QED) is 0.782. The molecule has 0 radical (unpaired) electrons. The Balaban J connectivity index is 2.01. The third-order valence-electron chi connectivity index (χ3n) is 3.23. The highest BCUT2D eigenvalue weighted by Crippen LogP contribution is 2.20. The van der Waals surface area contributed by atoms with Crippen LogP contribution in [0.1, 0.15) is 15.9 Å². The minimum absolute atomic E-state index is 0.0452. The molecule has 2 aromatic carbocycles. The lowest BCUT2D eigenvalue weighted by Gasteiger charge is -2.12. The number of hydrogen-bond donors (Lipinski definition) is 2. The van der Waals surface area contributed by atoms with Crippen molar-refractivity contribution in [2.75, 3.05) is 24.3 Å². The summed E-state index contributed by atoms with van der Waals surface area (Å²) in [5.41, 5.74) is 2.66. The number of nitrogens with one attached hydrogen (secondary N) is 2. The number of ether oxygens (including phenoxy) is 1. The molecule has 0 aliphatic carbocycles. The zero-order valence-corrected chi connectivity index (χ0v) is 14.4. The topological polar surface area (TPSA) is 67.4 Å². The maximum absolute atomic E-state index is 12.1. The first-order valence-electron chi connectivity index (χ1n) is 6.98. The molecule has 2 rings (SSSR count). The zero-order valence-electron chi connectivity index (χ0n) is 12.9. The normalized spacial score (nSPS) is 10.0. The lowest BCUT2D eigenvalue weighted by atomic mass is 10.2. The van der Waals surface area contributed by atoms with Gasteiger partial charge in [0.1, 0.15) is 0 Å². The van der Waals surface area contributed by atoms with Crippen LogP contribution in [0.5, 0.6) is 0 Å². The van der Waals surface area contributed by atoms with Crippen LogP contribution in [-0.2, 0) is 9.53 Å². The molecule has 120 valence electrons. The van der Waals surface area contributed by atoms with E-state index in [2.05, 4.69) is 26.6 Å². The Kier molecular flexibility index (Phi) is 5.76. The van der Waals surface area contributed by atoms with Crippen LogP contribution in [0.15, 0.2) is 46.9 Å². The summed E-state index contributed by atoms with van der Waals surface area (Å²) in [6.45, 7) is 1.96. The second-order valence-corrected chi connectivity index (χ2v) is 5.81. The molecule has 0 saturated carbocycles. The fourth-order valence-corrected chi connectivity index (χ4v) is 2.54. The van der Waals surface area contributed by atoms with Crippen LogP contribution in [0.3, 0.4) is 0 Å². The Hall–Kier alpha value is -2.34. The van der Waals surface area contributed by atoms with Gasteiger partial charge in [0.25, 0.3) is 0 Å². The Morgan fingerprint density at radius 2 is 1.87 bits per heavy atom. The molecule has 0 spiro atoms. The summed E-state index contributed by atoms with van der Waals surface area (Å²) < 4.78 is 5.68. The first-order valence-corrected chi connectivity index (χ1v) is 7.78. The van der Waals surface area contributed by atoms with Gasteiger partial charge in [0.05, 0.1) is 19.2 Å². The van der Waals surface area contributed by atoms with Gasteiger partial charge in [-0.1, -0.05) is 28.1 Å². The van der Waals surface area contributed by atoms with E-state index in [-0.39, 0.29) is 12.5 Å². The zero-order chi connectivity index (χ0) is 16.8. The number of hydrogen-bond acceptors (Lipinski definition) is 4. The van der Waals surface area contributed by atoms with E-state index in [1.807, 2.05) is 25.1 Å². The van der Waals surface area contributed by atoms with Crippen LogP contribution in [-0.4, -0.2) is 25.5 Å². The molecule has 0 fully saturated rings. The van der Waals surface area contributed by atoms with Crippen LogP contribution >= 0.6 is 15.9 Å². The summed E-state index contributed by atoms with van der Waals surface area (Å²) in [6, 6.07) is 12.5. The number of halogens is 1. The van der Waals surface area contributed by atoms with Crippen molar-refractivity contribution in [1.29, 1.82) is 0 Å². The number of anilines is 2. The van der Waals surface area contributed by atoms with Gasteiger partial charge in [0.2, 0.25) is 5.91 Å². The molecule has 0 aliphatic heterocycles. The number of benzene rings is 2. The maximum Gasteiger partial charge on any atom is 0.339 e. The fraction of sp³-hybridized carbons (Fsp3) is 0.176. The smallest absolute Gasteiger partial charge is 0.339 e. The standard InChI is InChI=1S/C17H17BrN2O3/c1-11-9-12(18)7-8-14(11)20-16(21)10-19-15-6-4-3-5-13(15)17(22)23-2/h3-9,19H,10H2,1-2H3,(H,20,21). The highest BCUT2D eigenvalue weighted by Gasteiger charge is 2.12. The molecule has 6 heteroatoms. The lowest BCUT2D eigenvalue weighted by molar-refractivity contribution is -0.114. The first kappa shape index (κ1) is 17.0. The molecule has 0 aliphatic rings. The van der Waals surface area contributed by atoms with Crippen LogP contribution in [0.4, 0.5) is 11.4 Å². The second-order valence-electron chi connectivity index (χ2n) is 4.90. The second kappa shape index (κ2) is 7.78. The fourth-order valence-electron chi connectivity index (χ4n) is 2.06. The van der Waals surface area contributed by atoms with Gasteiger partial charge < -0.3 is 15.4 Å². The summed E-state index contributed by atoms with van der Waals surface area (Å²) in [6.07, 6.45) is 0. The van der Waals surface area contributed by atoms with Gasteiger partial charge in [-0.2, -0.15) is 0 Å². The molecule has 2 aromatic rings. The molecule has 0 saturated heterocycles. The average molecular weight is 377 g/mol. The van der Waals surface area contributed by atoms with Gasteiger partial charge in [0, 0.05) is 15.8 Å². The van der Waals surface area contributed by atoms with Crippen molar-refractivity contribution < 1.29 is 14.3 Å². The number of methoxy groups -OCH3 is 1. The van der Waals surface area contributed by atoms with Gasteiger partial charge in [-0.3, -0.25) is 4.79 Å². The predicted octanol–water partition coefficient (Wildman–Crippen LogP) is 3.59. The number of rotatable bonds is 5. The maximum atomic E-state index is 12.1. The first-order chi connectivity index (χ1) is 11.0. The van der Waals surface area contributed by atoms with E-state index in [1.54, 1.807) is 24.3 Å². The molecule has 2 N–H and O–H groups in total. The lowest BCUT2D eigenvalue weighted by Crippen LogP contribution is -2.23. The Bertz CT molecular complexity index is 732. The van der Waals surface area contributed by atoms with E-state index in [0.29, 0.717) is 11.3 Å². The molecule has 0 atom stereocenters. The average Bonchev–Trinajstić information content (AvgIpc) is 2.55. The van der Waals surface area contributed by atoms with Crippen molar-refractivity contribution in [2.24, 2.45) is 0 Å². The number of para-hydroxylation sites is 1. The SMILES string of the molecule is COC(=O)c1ccccc1NCC(=O)Nc1ccc(Br)cc1C. The monoisotopic (exact) mass is 376 g/mol. The molecule has 0 heterocycles. The van der Waals surface area contributed by atoms with Crippen molar-refractivity contribution in [1.82, 2.24) is 0 Å². The summed E-state index contributed by atoms with van der Waals surface area (Å²) >= 11 is 3.38. The van der Waals surface area contributed by atoms with Crippen molar-refractivity contribution in [3.63, 3.8) is 0 Å². The summed E-state index contributed by atoms with van der Waals surface area (Å²) in [5, 5.41) is 5.79. The van der Waals surface area contributed by atoms with Crippen molar-refractivity contribution in [3.8, 4) is 0 Å². The van der Waals surface area contributed by atoms with Gasteiger partial charge in [-0.15, -0.1) is 0 Å². The molecule has 0 aromatic heterocycles. The van der Waals surface area contributed by atoms with E-state index in [4.69, 9.17) is 4.74 Å². The molecule has 0 bridgehead atoms. The van der Waals surface area contributed by atoms with E-state index in [9.17, 15) is 9.59 Å². The van der Waals surface area contributed by atoms with Crippen LogP contribution < -0.4 is 10.6 Å². The minimum Gasteiger partial charge on any atom is -0.465 e. The number of carbonyl (C=O) groups is 2. The van der Waals surface area contributed by atoms with Crippen LogP contribution in [0.25, 0.3) is 0 Å². The summed E-state index contributed by atoms with van der Waals surface area (Å²) in [7, 11) is 1.32. The molecule has 0 unspecified atom stereocenters. The number of esters is 1. The summed E-state index contributed by atoms with van der Waals surface area (Å²) in [4.78, 5) is 23.8. The van der Waals surface area contributed by atoms with E-state index in [1.165, 1.54) is 7.11 Å². The van der Waals surface area contributed by atoms with E-state index >= 15 is 0 Å². The Labute approximate surface area is 143 Å². The van der Waals surface area contributed by atoms with E-state index in [0.717, 1.165) is 15.7 Å². The van der Waals surface area contributed by atoms with Crippen molar-refractivity contribution >= 4 is 39.2 Å². The van der Waals surface area contributed by atoms with Gasteiger partial charge in [0.15, 0.2) is 0 Å². The van der Waals surface area contributed by atoms with Gasteiger partial charge in [-0.25, -0.2) is 4.79 Å². The number of amides is 1. The summed E-state index contributed by atoms with van der Waals surface area (Å²) in [5.74, 6) is -0.646. The third-order valence-corrected chi connectivity index (χ3v) is 3.73. The van der Waals surface area contributed by atoms with Crippen LogP contribution in [0.2, 0.25) is 0 Å². The largest absolute Gasteiger partial charge is 0.465 e. The van der Waals surface area contributed by atoms with Crippen LogP contribution in [0, 0.1) is 6.92 Å². The molecular weight excluding hydrogens is 360 g/mol. The highest BCUT2D eigenvalue weighted by atomic mass is 79.9. The Morgan fingerprint density at radius 1 is 1.13 bits per heavy atom. The highest BCUT2D eigenvalue weighted by molar-refractivity contribution is 9.10. The van der Waals surface area contributed by atoms with Gasteiger partial charge >= 0.3 is 5.97 Å². The molecule has 5 nitrogen and oxygen atoms in total. The molecule has 23 heavy (non-hydrogen) atoms. The van der Waals surface area contributed by atoms with Crippen molar-refractivity contribution in [3.05, 3.63) is 58.1 Å². The Morgan fingerprint density at radius 3 is 2.57 bits per heavy atom. The molecule has 1 amide bonds. The predicted molar refractivity (Wildman–Crippen MR) is 93.8 cm³/mol.